The monoisotopic (exact) mass is 284 g/mol. The van der Waals surface area contributed by atoms with E-state index in [1.54, 1.807) is 18.2 Å². The minimum atomic E-state index is -0.927. The first-order valence-corrected chi connectivity index (χ1v) is 7.23. The molecule has 0 bridgehead atoms. The molecule has 0 saturated carbocycles. The second-order valence-corrected chi connectivity index (χ2v) is 5.00. The van der Waals surface area contributed by atoms with Crippen molar-refractivity contribution in [2.75, 3.05) is 0 Å². The molecule has 21 heavy (non-hydrogen) atoms. The molecule has 0 radical (unpaired) electrons. The van der Waals surface area contributed by atoms with Gasteiger partial charge in [0.2, 0.25) is 0 Å². The minimum absolute atomic E-state index is 0.261. The van der Waals surface area contributed by atoms with E-state index >= 15 is 0 Å². The molecule has 0 atom stereocenters. The van der Waals surface area contributed by atoms with Crippen molar-refractivity contribution in [2.45, 2.75) is 32.8 Å². The van der Waals surface area contributed by atoms with E-state index in [2.05, 4.69) is 19.1 Å². The summed E-state index contributed by atoms with van der Waals surface area (Å²) in [6.07, 6.45) is 3.45. The van der Waals surface area contributed by atoms with Gasteiger partial charge in [-0.25, -0.2) is 4.79 Å². The van der Waals surface area contributed by atoms with Crippen LogP contribution < -0.4 is 4.74 Å². The largest absolute Gasteiger partial charge is 0.489 e. The lowest BCUT2D eigenvalue weighted by atomic mass is 10.1. The number of aromatic carboxylic acids is 1. The number of benzene rings is 2. The van der Waals surface area contributed by atoms with Crippen LogP contribution >= 0.6 is 0 Å². The highest BCUT2D eigenvalue weighted by Crippen LogP contribution is 2.17. The molecular weight excluding hydrogens is 264 g/mol. The standard InChI is InChI=1S/C18H20O3/c1-2-3-6-14-9-11-16(12-10-14)21-13-15-7-4-5-8-17(15)18(19)20/h4-5,7-12H,2-3,6,13H2,1H3,(H,19,20). The van der Waals surface area contributed by atoms with Gasteiger partial charge in [-0.05, 0) is 36.6 Å². The lowest BCUT2D eigenvalue weighted by molar-refractivity contribution is 0.0694. The summed E-state index contributed by atoms with van der Waals surface area (Å²) in [7, 11) is 0. The maximum Gasteiger partial charge on any atom is 0.336 e. The number of carbonyl (C=O) groups is 1. The Bertz CT molecular complexity index is 588. The van der Waals surface area contributed by atoms with Gasteiger partial charge in [0.05, 0.1) is 5.56 Å². The van der Waals surface area contributed by atoms with Crippen molar-refractivity contribution in [2.24, 2.45) is 0 Å². The summed E-state index contributed by atoms with van der Waals surface area (Å²) >= 11 is 0. The third-order valence-corrected chi connectivity index (χ3v) is 3.38. The first-order valence-electron chi connectivity index (χ1n) is 7.23. The molecule has 3 nitrogen and oxygen atoms in total. The zero-order valence-corrected chi connectivity index (χ0v) is 12.2. The lowest BCUT2D eigenvalue weighted by Crippen LogP contribution is -2.05. The van der Waals surface area contributed by atoms with Gasteiger partial charge in [0.1, 0.15) is 12.4 Å². The van der Waals surface area contributed by atoms with Gasteiger partial charge in [0, 0.05) is 5.56 Å². The third kappa shape index (κ3) is 4.35. The number of ether oxygens (including phenoxy) is 1. The number of hydrogen-bond donors (Lipinski definition) is 1. The number of rotatable bonds is 7. The van der Waals surface area contributed by atoms with Crippen LogP contribution in [0.15, 0.2) is 48.5 Å². The molecule has 0 spiro atoms. The van der Waals surface area contributed by atoms with Gasteiger partial charge in [-0.2, -0.15) is 0 Å². The lowest BCUT2D eigenvalue weighted by Gasteiger charge is -2.09. The molecule has 2 aromatic carbocycles. The van der Waals surface area contributed by atoms with Crippen LogP contribution in [-0.4, -0.2) is 11.1 Å². The second-order valence-electron chi connectivity index (χ2n) is 5.00. The highest BCUT2D eigenvalue weighted by molar-refractivity contribution is 5.89. The fourth-order valence-corrected chi connectivity index (χ4v) is 2.15. The van der Waals surface area contributed by atoms with Crippen LogP contribution in [0.3, 0.4) is 0 Å². The zero-order chi connectivity index (χ0) is 15.1. The fraction of sp³-hybridized carbons (Fsp3) is 0.278. The predicted octanol–water partition coefficient (Wildman–Crippen LogP) is 4.31. The Labute approximate surface area is 125 Å². The van der Waals surface area contributed by atoms with Crippen molar-refractivity contribution in [1.29, 1.82) is 0 Å². The smallest absolute Gasteiger partial charge is 0.336 e. The second kappa shape index (κ2) is 7.48. The normalized spacial score (nSPS) is 10.3. The van der Waals surface area contributed by atoms with Crippen LogP contribution in [0, 0.1) is 0 Å². The summed E-state index contributed by atoms with van der Waals surface area (Å²) in [4.78, 5) is 11.1. The summed E-state index contributed by atoms with van der Waals surface area (Å²) in [6, 6.07) is 14.9. The molecule has 0 unspecified atom stereocenters. The SMILES string of the molecule is CCCCc1ccc(OCc2ccccc2C(=O)O)cc1. The highest BCUT2D eigenvalue weighted by Gasteiger charge is 2.09. The average Bonchev–Trinajstić information content (AvgIpc) is 2.52. The Hall–Kier alpha value is -2.29. The van der Waals surface area contributed by atoms with Gasteiger partial charge < -0.3 is 9.84 Å². The molecule has 2 aromatic rings. The van der Waals surface area contributed by atoms with Crippen LogP contribution in [0.1, 0.15) is 41.3 Å². The molecular formula is C18H20O3. The Morgan fingerprint density at radius 1 is 1.10 bits per heavy atom. The summed E-state index contributed by atoms with van der Waals surface area (Å²) < 4.78 is 5.68. The van der Waals surface area contributed by atoms with Crippen molar-refractivity contribution in [3.8, 4) is 5.75 Å². The van der Waals surface area contributed by atoms with Gasteiger partial charge in [-0.3, -0.25) is 0 Å². The molecule has 0 aliphatic carbocycles. The van der Waals surface area contributed by atoms with E-state index in [0.29, 0.717) is 5.56 Å². The van der Waals surface area contributed by atoms with Crippen molar-refractivity contribution >= 4 is 5.97 Å². The Morgan fingerprint density at radius 2 is 1.81 bits per heavy atom. The van der Waals surface area contributed by atoms with Gasteiger partial charge in [0.15, 0.2) is 0 Å². The zero-order valence-electron chi connectivity index (χ0n) is 12.2. The first kappa shape index (κ1) is 15.1. The molecule has 0 aliphatic heterocycles. The predicted molar refractivity (Wildman–Crippen MR) is 82.8 cm³/mol. The van der Waals surface area contributed by atoms with Crippen molar-refractivity contribution in [3.63, 3.8) is 0 Å². The quantitative estimate of drug-likeness (QED) is 0.824. The maximum absolute atomic E-state index is 11.1. The highest BCUT2D eigenvalue weighted by atomic mass is 16.5. The number of hydrogen-bond acceptors (Lipinski definition) is 2. The maximum atomic E-state index is 11.1. The minimum Gasteiger partial charge on any atom is -0.489 e. The summed E-state index contributed by atoms with van der Waals surface area (Å²) in [5, 5.41) is 9.13. The van der Waals surface area contributed by atoms with Gasteiger partial charge in [-0.15, -0.1) is 0 Å². The number of unbranched alkanes of at least 4 members (excludes halogenated alkanes) is 1. The van der Waals surface area contributed by atoms with Crippen LogP contribution in [0.5, 0.6) is 5.75 Å². The van der Waals surface area contributed by atoms with Crippen LogP contribution in [-0.2, 0) is 13.0 Å². The Balaban J connectivity index is 1.98. The van der Waals surface area contributed by atoms with E-state index in [4.69, 9.17) is 9.84 Å². The Morgan fingerprint density at radius 3 is 2.48 bits per heavy atom. The van der Waals surface area contributed by atoms with E-state index in [1.807, 2.05) is 18.2 Å². The van der Waals surface area contributed by atoms with Crippen molar-refractivity contribution in [3.05, 3.63) is 65.2 Å². The third-order valence-electron chi connectivity index (χ3n) is 3.38. The number of carboxylic acids is 1. The van der Waals surface area contributed by atoms with Gasteiger partial charge in [-0.1, -0.05) is 43.7 Å². The number of aryl methyl sites for hydroxylation is 1. The van der Waals surface area contributed by atoms with Crippen LogP contribution in [0.4, 0.5) is 0 Å². The van der Waals surface area contributed by atoms with Gasteiger partial charge in [0.25, 0.3) is 0 Å². The van der Waals surface area contributed by atoms with E-state index in [1.165, 1.54) is 18.4 Å². The summed E-state index contributed by atoms with van der Waals surface area (Å²) in [5.74, 6) is -0.167. The van der Waals surface area contributed by atoms with E-state index in [0.717, 1.165) is 12.2 Å². The molecule has 2 rings (SSSR count). The molecule has 1 N–H and O–H groups in total. The van der Waals surface area contributed by atoms with E-state index in [9.17, 15) is 4.79 Å². The van der Waals surface area contributed by atoms with E-state index in [-0.39, 0.29) is 12.2 Å². The molecule has 0 aromatic heterocycles. The first-order chi connectivity index (χ1) is 10.2. The molecule has 0 saturated heterocycles. The van der Waals surface area contributed by atoms with Crippen LogP contribution in [0.2, 0.25) is 0 Å². The summed E-state index contributed by atoms with van der Waals surface area (Å²) in [5.41, 5.74) is 2.27. The Kier molecular flexibility index (Phi) is 5.38. The molecule has 110 valence electrons. The van der Waals surface area contributed by atoms with Crippen molar-refractivity contribution in [1.82, 2.24) is 0 Å². The number of carboxylic acid groups (broad SMARTS) is 1. The molecule has 0 amide bonds. The molecule has 0 heterocycles. The molecule has 0 fully saturated rings. The average molecular weight is 284 g/mol. The van der Waals surface area contributed by atoms with Gasteiger partial charge >= 0.3 is 5.97 Å². The molecule has 0 aliphatic rings. The van der Waals surface area contributed by atoms with E-state index < -0.39 is 5.97 Å². The topological polar surface area (TPSA) is 46.5 Å². The summed E-state index contributed by atoms with van der Waals surface area (Å²) in [6.45, 7) is 2.44. The molecule has 3 heteroatoms. The van der Waals surface area contributed by atoms with Crippen LogP contribution in [0.25, 0.3) is 0 Å². The fourth-order valence-electron chi connectivity index (χ4n) is 2.15. The van der Waals surface area contributed by atoms with Crippen molar-refractivity contribution < 1.29 is 14.6 Å².